The first-order valence-corrected chi connectivity index (χ1v) is 5.60. The summed E-state index contributed by atoms with van der Waals surface area (Å²) < 4.78 is 0. The van der Waals surface area contributed by atoms with Crippen LogP contribution in [0.2, 0.25) is 0 Å². The fourth-order valence-corrected chi connectivity index (χ4v) is 2.12. The Morgan fingerprint density at radius 3 is 2.50 bits per heavy atom. The molecule has 98 valence electrons. The molecule has 1 fully saturated rings. The number of anilines is 1. The Bertz CT molecular complexity index is 495. The van der Waals surface area contributed by atoms with Gasteiger partial charge in [0, 0.05) is 31.6 Å². The summed E-state index contributed by atoms with van der Waals surface area (Å²) in [6, 6.07) is 8.17. The van der Waals surface area contributed by atoms with Crippen LogP contribution < -0.4 is 10.2 Å². The highest BCUT2D eigenvalue weighted by Crippen LogP contribution is 2.22. The van der Waals surface area contributed by atoms with Crippen LogP contribution >= 0.6 is 24.8 Å². The van der Waals surface area contributed by atoms with Crippen LogP contribution in [0.15, 0.2) is 30.6 Å². The van der Waals surface area contributed by atoms with Gasteiger partial charge in [0.05, 0.1) is 5.52 Å². The molecule has 4 nitrogen and oxygen atoms in total. The monoisotopic (exact) mass is 286 g/mol. The first kappa shape index (κ1) is 15.0. The van der Waals surface area contributed by atoms with Crippen LogP contribution in [-0.2, 0) is 0 Å². The highest BCUT2D eigenvalue weighted by Gasteiger charge is 2.14. The SMILES string of the molecule is Cl.Cl.c1ccc2c(N3CCNCC3)ncnc2c1. The van der Waals surface area contributed by atoms with Crippen LogP contribution in [0.4, 0.5) is 5.82 Å². The number of fused-ring (bicyclic) bond motifs is 1. The molecule has 1 saturated heterocycles. The van der Waals surface area contributed by atoms with E-state index in [9.17, 15) is 0 Å². The van der Waals surface area contributed by atoms with E-state index in [1.165, 1.54) is 0 Å². The Labute approximate surface area is 119 Å². The molecule has 0 saturated carbocycles. The molecule has 1 aromatic heterocycles. The van der Waals surface area contributed by atoms with Gasteiger partial charge < -0.3 is 10.2 Å². The Morgan fingerprint density at radius 1 is 1.00 bits per heavy atom. The third-order valence-electron chi connectivity index (χ3n) is 2.94. The van der Waals surface area contributed by atoms with Crippen LogP contribution in [-0.4, -0.2) is 36.1 Å². The minimum absolute atomic E-state index is 0. The summed E-state index contributed by atoms with van der Waals surface area (Å²) in [7, 11) is 0. The quantitative estimate of drug-likeness (QED) is 0.869. The molecular weight excluding hydrogens is 271 g/mol. The molecule has 2 heterocycles. The molecule has 0 aliphatic carbocycles. The summed E-state index contributed by atoms with van der Waals surface area (Å²) in [5, 5.41) is 4.49. The molecule has 1 aliphatic rings. The van der Waals surface area contributed by atoms with Gasteiger partial charge in [0.2, 0.25) is 0 Å². The number of para-hydroxylation sites is 1. The summed E-state index contributed by atoms with van der Waals surface area (Å²) in [5.74, 6) is 1.06. The van der Waals surface area contributed by atoms with Crippen molar-refractivity contribution in [3.05, 3.63) is 30.6 Å². The molecule has 2 aromatic rings. The van der Waals surface area contributed by atoms with E-state index in [4.69, 9.17) is 0 Å². The van der Waals surface area contributed by atoms with Gasteiger partial charge in [0.1, 0.15) is 12.1 Å². The number of halogens is 2. The van der Waals surface area contributed by atoms with Crippen LogP contribution in [0.25, 0.3) is 10.9 Å². The molecule has 0 atom stereocenters. The summed E-state index contributed by atoms with van der Waals surface area (Å²) in [6.07, 6.45) is 1.65. The number of nitrogens with zero attached hydrogens (tertiary/aromatic N) is 3. The van der Waals surface area contributed by atoms with Crippen molar-refractivity contribution in [2.75, 3.05) is 31.1 Å². The van der Waals surface area contributed by atoms with Gasteiger partial charge in [0.15, 0.2) is 0 Å². The number of hydrogen-bond donors (Lipinski definition) is 1. The lowest BCUT2D eigenvalue weighted by Crippen LogP contribution is -2.44. The van der Waals surface area contributed by atoms with E-state index in [-0.39, 0.29) is 24.8 Å². The predicted octanol–water partition coefficient (Wildman–Crippen LogP) is 1.88. The van der Waals surface area contributed by atoms with Crippen LogP contribution in [0.1, 0.15) is 0 Å². The van der Waals surface area contributed by atoms with Gasteiger partial charge >= 0.3 is 0 Å². The van der Waals surface area contributed by atoms with E-state index in [0.717, 1.165) is 42.9 Å². The van der Waals surface area contributed by atoms with E-state index in [1.54, 1.807) is 6.33 Å². The second-order valence-corrected chi connectivity index (χ2v) is 3.95. The normalized spacial score (nSPS) is 14.8. The molecule has 0 amide bonds. The number of benzene rings is 1. The molecule has 1 aliphatic heterocycles. The number of hydrogen-bond acceptors (Lipinski definition) is 4. The molecular formula is C12H16Cl2N4. The molecule has 0 radical (unpaired) electrons. The van der Waals surface area contributed by atoms with Gasteiger partial charge in [-0.2, -0.15) is 0 Å². The van der Waals surface area contributed by atoms with Gasteiger partial charge in [-0.3, -0.25) is 0 Å². The zero-order valence-electron chi connectivity index (χ0n) is 9.87. The minimum atomic E-state index is 0. The van der Waals surface area contributed by atoms with E-state index < -0.39 is 0 Å². The van der Waals surface area contributed by atoms with Crippen molar-refractivity contribution < 1.29 is 0 Å². The summed E-state index contributed by atoms with van der Waals surface area (Å²) >= 11 is 0. The standard InChI is InChI=1S/C12H14N4.2ClH/c1-2-4-11-10(3-1)12(15-9-14-11)16-7-5-13-6-8-16;;/h1-4,9,13H,5-8H2;2*1H. The molecule has 0 unspecified atom stereocenters. The third-order valence-corrected chi connectivity index (χ3v) is 2.94. The molecule has 1 N–H and O–H groups in total. The second kappa shape index (κ2) is 6.73. The fourth-order valence-electron chi connectivity index (χ4n) is 2.12. The van der Waals surface area contributed by atoms with Crippen LogP contribution in [0, 0.1) is 0 Å². The Morgan fingerprint density at radius 2 is 1.72 bits per heavy atom. The van der Waals surface area contributed by atoms with E-state index in [2.05, 4.69) is 26.3 Å². The average molecular weight is 287 g/mol. The highest BCUT2D eigenvalue weighted by molar-refractivity contribution is 5.89. The fraction of sp³-hybridized carbons (Fsp3) is 0.333. The number of piperazine rings is 1. The van der Waals surface area contributed by atoms with Crippen LogP contribution in [0.5, 0.6) is 0 Å². The zero-order chi connectivity index (χ0) is 10.8. The largest absolute Gasteiger partial charge is 0.353 e. The Balaban J connectivity index is 0.000000810. The number of rotatable bonds is 1. The third kappa shape index (κ3) is 2.83. The minimum Gasteiger partial charge on any atom is -0.353 e. The van der Waals surface area contributed by atoms with E-state index in [0.29, 0.717) is 0 Å². The summed E-state index contributed by atoms with van der Waals surface area (Å²) in [4.78, 5) is 11.0. The van der Waals surface area contributed by atoms with Crippen molar-refractivity contribution in [3.8, 4) is 0 Å². The maximum absolute atomic E-state index is 4.42. The van der Waals surface area contributed by atoms with E-state index in [1.807, 2.05) is 18.2 Å². The van der Waals surface area contributed by atoms with Gasteiger partial charge in [0.25, 0.3) is 0 Å². The molecule has 6 heteroatoms. The number of aromatic nitrogens is 2. The van der Waals surface area contributed by atoms with Crippen molar-refractivity contribution in [3.63, 3.8) is 0 Å². The van der Waals surface area contributed by atoms with Crippen molar-refractivity contribution >= 4 is 41.5 Å². The molecule has 3 rings (SSSR count). The summed E-state index contributed by atoms with van der Waals surface area (Å²) in [5.41, 5.74) is 1.02. The molecule has 18 heavy (non-hydrogen) atoms. The summed E-state index contributed by atoms with van der Waals surface area (Å²) in [6.45, 7) is 4.08. The maximum Gasteiger partial charge on any atom is 0.139 e. The second-order valence-electron chi connectivity index (χ2n) is 3.95. The zero-order valence-corrected chi connectivity index (χ0v) is 11.5. The topological polar surface area (TPSA) is 41.0 Å². The average Bonchev–Trinajstić information content (AvgIpc) is 2.39. The van der Waals surface area contributed by atoms with Gasteiger partial charge in [-0.15, -0.1) is 24.8 Å². The first-order chi connectivity index (χ1) is 7.95. The number of nitrogens with one attached hydrogen (secondary N) is 1. The Hall–Kier alpha value is -1.10. The Kier molecular flexibility index (Phi) is 5.59. The smallest absolute Gasteiger partial charge is 0.139 e. The van der Waals surface area contributed by atoms with Crippen LogP contribution in [0.3, 0.4) is 0 Å². The molecule has 0 spiro atoms. The van der Waals surface area contributed by atoms with Gasteiger partial charge in [-0.05, 0) is 12.1 Å². The lowest BCUT2D eigenvalue weighted by Gasteiger charge is -2.29. The van der Waals surface area contributed by atoms with Crippen molar-refractivity contribution in [2.24, 2.45) is 0 Å². The van der Waals surface area contributed by atoms with Crippen molar-refractivity contribution in [1.82, 2.24) is 15.3 Å². The molecule has 0 bridgehead atoms. The van der Waals surface area contributed by atoms with Gasteiger partial charge in [-0.1, -0.05) is 12.1 Å². The lowest BCUT2D eigenvalue weighted by molar-refractivity contribution is 0.586. The van der Waals surface area contributed by atoms with Crippen molar-refractivity contribution in [1.29, 1.82) is 0 Å². The lowest BCUT2D eigenvalue weighted by atomic mass is 10.2. The maximum atomic E-state index is 4.42. The molecule has 1 aromatic carbocycles. The van der Waals surface area contributed by atoms with E-state index >= 15 is 0 Å². The highest BCUT2D eigenvalue weighted by atomic mass is 35.5. The van der Waals surface area contributed by atoms with Gasteiger partial charge in [-0.25, -0.2) is 9.97 Å². The predicted molar refractivity (Wildman–Crippen MR) is 79.1 cm³/mol. The first-order valence-electron chi connectivity index (χ1n) is 5.60. The van der Waals surface area contributed by atoms with Crippen molar-refractivity contribution in [2.45, 2.75) is 0 Å².